The molecule has 1 N–H and O–H groups in total. The predicted octanol–water partition coefficient (Wildman–Crippen LogP) is 3.90. The number of methoxy groups -OCH3 is 1. The molecular formula is C28H34N4O2. The Labute approximate surface area is 202 Å². The maximum Gasteiger partial charge on any atom is 0.234 e. The lowest BCUT2D eigenvalue weighted by Crippen LogP contribution is -2.47. The number of carbonyl (C=O) groups is 1. The molecule has 1 amide bonds. The van der Waals surface area contributed by atoms with Crippen molar-refractivity contribution in [3.8, 4) is 5.75 Å². The molecule has 1 heterocycles. The van der Waals surface area contributed by atoms with Crippen LogP contribution in [0.15, 0.2) is 72.8 Å². The Bertz CT molecular complexity index is 1100. The fraction of sp³-hybridized carbons (Fsp3) is 0.321. The molecule has 34 heavy (non-hydrogen) atoms. The average molecular weight is 459 g/mol. The quantitative estimate of drug-likeness (QED) is 0.527. The Morgan fingerprint density at radius 1 is 0.882 bits per heavy atom. The van der Waals surface area contributed by atoms with E-state index in [2.05, 4.69) is 94.8 Å². The summed E-state index contributed by atoms with van der Waals surface area (Å²) < 4.78 is 5.44. The van der Waals surface area contributed by atoms with Gasteiger partial charge in [0, 0.05) is 58.2 Å². The van der Waals surface area contributed by atoms with Crippen molar-refractivity contribution in [2.75, 3.05) is 50.6 Å². The maximum atomic E-state index is 11.7. The number of ether oxygens (including phenoxy) is 1. The number of anilines is 2. The van der Waals surface area contributed by atoms with Crippen molar-refractivity contribution in [3.63, 3.8) is 0 Å². The monoisotopic (exact) mass is 458 g/mol. The fourth-order valence-corrected chi connectivity index (χ4v) is 4.28. The van der Waals surface area contributed by atoms with E-state index < -0.39 is 0 Å². The molecule has 1 aliphatic rings. The molecule has 0 atom stereocenters. The van der Waals surface area contributed by atoms with E-state index in [1.54, 1.807) is 7.11 Å². The van der Waals surface area contributed by atoms with Crippen LogP contribution >= 0.6 is 0 Å². The lowest BCUT2D eigenvalue weighted by Gasteiger charge is -2.28. The van der Waals surface area contributed by atoms with Crippen molar-refractivity contribution >= 4 is 17.3 Å². The Morgan fingerprint density at radius 3 is 2.26 bits per heavy atom. The number of nitrogens with zero attached hydrogens (tertiary/aromatic N) is 3. The molecule has 0 saturated carbocycles. The fourth-order valence-electron chi connectivity index (χ4n) is 4.28. The predicted molar refractivity (Wildman–Crippen MR) is 138 cm³/mol. The minimum atomic E-state index is 0.104. The lowest BCUT2D eigenvalue weighted by atomic mass is 10.1. The summed E-state index contributed by atoms with van der Waals surface area (Å²) in [6, 6.07) is 25.7. The molecule has 3 aromatic carbocycles. The molecule has 0 aromatic heterocycles. The van der Waals surface area contributed by atoms with Crippen molar-refractivity contribution in [1.29, 1.82) is 0 Å². The normalized spacial score (nSPS) is 13.9. The van der Waals surface area contributed by atoms with Gasteiger partial charge in [0.05, 0.1) is 13.7 Å². The SMILES string of the molecule is COc1cccc(CN(Cc2cccc(N(C)C)c2)c2ccc(CN3CCNC(=O)C3)cc2)c1. The molecule has 0 radical (unpaired) electrons. The van der Waals surface area contributed by atoms with E-state index in [-0.39, 0.29) is 5.91 Å². The third kappa shape index (κ3) is 6.29. The van der Waals surface area contributed by atoms with E-state index in [0.29, 0.717) is 6.54 Å². The van der Waals surface area contributed by atoms with Gasteiger partial charge in [-0.3, -0.25) is 9.69 Å². The number of hydrogen-bond donors (Lipinski definition) is 1. The van der Waals surface area contributed by atoms with Crippen LogP contribution in [-0.4, -0.2) is 51.6 Å². The van der Waals surface area contributed by atoms with Crippen molar-refractivity contribution in [2.45, 2.75) is 19.6 Å². The minimum Gasteiger partial charge on any atom is -0.497 e. The maximum absolute atomic E-state index is 11.7. The average Bonchev–Trinajstić information content (AvgIpc) is 2.84. The summed E-state index contributed by atoms with van der Waals surface area (Å²) in [6.45, 7) is 4.43. The molecule has 0 spiro atoms. The zero-order chi connectivity index (χ0) is 23.9. The van der Waals surface area contributed by atoms with Gasteiger partial charge in [-0.15, -0.1) is 0 Å². The lowest BCUT2D eigenvalue weighted by molar-refractivity contribution is -0.124. The number of rotatable bonds is 9. The number of benzene rings is 3. The molecule has 0 unspecified atom stereocenters. The zero-order valence-corrected chi connectivity index (χ0v) is 20.3. The summed E-state index contributed by atoms with van der Waals surface area (Å²) in [5.41, 5.74) is 6.04. The van der Waals surface area contributed by atoms with Gasteiger partial charge in [-0.25, -0.2) is 0 Å². The van der Waals surface area contributed by atoms with Gasteiger partial charge in [-0.05, 0) is 53.1 Å². The smallest absolute Gasteiger partial charge is 0.234 e. The van der Waals surface area contributed by atoms with E-state index in [0.717, 1.165) is 38.5 Å². The summed E-state index contributed by atoms with van der Waals surface area (Å²) in [7, 11) is 5.84. The number of hydrogen-bond acceptors (Lipinski definition) is 5. The second kappa shape index (κ2) is 11.1. The molecule has 1 aliphatic heterocycles. The third-order valence-electron chi connectivity index (χ3n) is 6.13. The zero-order valence-electron chi connectivity index (χ0n) is 20.3. The minimum absolute atomic E-state index is 0.104. The Hall–Kier alpha value is -3.51. The number of carbonyl (C=O) groups excluding carboxylic acids is 1. The van der Waals surface area contributed by atoms with Crippen LogP contribution in [0.4, 0.5) is 11.4 Å². The van der Waals surface area contributed by atoms with E-state index in [1.807, 2.05) is 12.1 Å². The summed E-state index contributed by atoms with van der Waals surface area (Å²) >= 11 is 0. The first kappa shape index (κ1) is 23.6. The van der Waals surface area contributed by atoms with E-state index in [9.17, 15) is 4.79 Å². The molecule has 0 bridgehead atoms. The van der Waals surface area contributed by atoms with E-state index >= 15 is 0 Å². The van der Waals surface area contributed by atoms with Gasteiger partial charge in [0.15, 0.2) is 0 Å². The van der Waals surface area contributed by atoms with Gasteiger partial charge in [-0.2, -0.15) is 0 Å². The van der Waals surface area contributed by atoms with Crippen LogP contribution in [0, 0.1) is 0 Å². The van der Waals surface area contributed by atoms with E-state index in [4.69, 9.17) is 4.74 Å². The van der Waals surface area contributed by atoms with Gasteiger partial charge in [0.2, 0.25) is 5.91 Å². The molecule has 1 saturated heterocycles. The van der Waals surface area contributed by atoms with Crippen LogP contribution in [0.3, 0.4) is 0 Å². The van der Waals surface area contributed by atoms with Gasteiger partial charge in [0.25, 0.3) is 0 Å². The summed E-state index contributed by atoms with van der Waals surface area (Å²) in [4.78, 5) is 18.4. The van der Waals surface area contributed by atoms with Crippen LogP contribution in [-0.2, 0) is 24.4 Å². The Morgan fingerprint density at radius 2 is 1.59 bits per heavy atom. The van der Waals surface area contributed by atoms with Gasteiger partial charge in [0.1, 0.15) is 5.75 Å². The summed E-state index contributed by atoms with van der Waals surface area (Å²) in [5, 5.41) is 2.89. The number of nitrogens with one attached hydrogen (secondary N) is 1. The molecule has 6 heteroatoms. The van der Waals surface area contributed by atoms with Gasteiger partial charge in [-0.1, -0.05) is 36.4 Å². The van der Waals surface area contributed by atoms with Crippen LogP contribution in [0.5, 0.6) is 5.75 Å². The first-order valence-electron chi connectivity index (χ1n) is 11.7. The summed E-state index contributed by atoms with van der Waals surface area (Å²) in [5.74, 6) is 0.972. The van der Waals surface area contributed by atoms with Crippen LogP contribution in [0.2, 0.25) is 0 Å². The molecule has 0 aliphatic carbocycles. The summed E-state index contributed by atoms with van der Waals surface area (Å²) in [6.07, 6.45) is 0. The first-order valence-corrected chi connectivity index (χ1v) is 11.7. The Balaban J connectivity index is 1.55. The van der Waals surface area contributed by atoms with Crippen molar-refractivity contribution in [3.05, 3.63) is 89.5 Å². The standard InChI is InChI=1S/C28H34N4O2/c1-30(2)26-8-4-6-23(16-26)19-32(20-24-7-5-9-27(17-24)34-3)25-12-10-22(11-13-25)18-31-15-14-29-28(33)21-31/h4-13,16-17H,14-15,18-21H2,1-3H3,(H,29,33). The van der Waals surface area contributed by atoms with Crippen LogP contribution in [0.25, 0.3) is 0 Å². The second-order valence-electron chi connectivity index (χ2n) is 9.00. The van der Waals surface area contributed by atoms with E-state index in [1.165, 1.54) is 28.1 Å². The first-order chi connectivity index (χ1) is 16.5. The molecule has 4 rings (SSSR count). The topological polar surface area (TPSA) is 48.1 Å². The molecule has 1 fully saturated rings. The van der Waals surface area contributed by atoms with Crippen LogP contribution in [0.1, 0.15) is 16.7 Å². The van der Waals surface area contributed by atoms with Crippen molar-refractivity contribution < 1.29 is 9.53 Å². The van der Waals surface area contributed by atoms with Crippen molar-refractivity contribution in [1.82, 2.24) is 10.2 Å². The highest BCUT2D eigenvalue weighted by Crippen LogP contribution is 2.24. The highest BCUT2D eigenvalue weighted by molar-refractivity contribution is 5.78. The third-order valence-corrected chi connectivity index (χ3v) is 6.13. The highest BCUT2D eigenvalue weighted by atomic mass is 16.5. The second-order valence-corrected chi connectivity index (χ2v) is 9.00. The number of piperazine rings is 1. The Kier molecular flexibility index (Phi) is 7.70. The van der Waals surface area contributed by atoms with Gasteiger partial charge >= 0.3 is 0 Å². The molecule has 178 valence electrons. The molecule has 6 nitrogen and oxygen atoms in total. The van der Waals surface area contributed by atoms with Crippen LogP contribution < -0.4 is 19.9 Å². The molecule has 3 aromatic rings. The van der Waals surface area contributed by atoms with Crippen molar-refractivity contribution in [2.24, 2.45) is 0 Å². The largest absolute Gasteiger partial charge is 0.497 e. The molecular weight excluding hydrogens is 424 g/mol. The number of amides is 1. The highest BCUT2D eigenvalue weighted by Gasteiger charge is 2.16. The van der Waals surface area contributed by atoms with Gasteiger partial charge < -0.3 is 19.9 Å².